The molecule has 0 aromatic rings. The molecule has 0 spiro atoms. The predicted octanol–water partition coefficient (Wildman–Crippen LogP) is 3.03. The summed E-state index contributed by atoms with van der Waals surface area (Å²) in [6.45, 7) is 3.90. The zero-order chi connectivity index (χ0) is 12.8. The highest BCUT2D eigenvalue weighted by Gasteiger charge is 2.22. The summed E-state index contributed by atoms with van der Waals surface area (Å²) in [5.41, 5.74) is 5.92. The van der Waals surface area contributed by atoms with E-state index in [2.05, 4.69) is 6.92 Å². The van der Waals surface area contributed by atoms with Gasteiger partial charge in [0.05, 0.1) is 5.92 Å². The van der Waals surface area contributed by atoms with E-state index in [1.807, 2.05) is 0 Å². The van der Waals surface area contributed by atoms with Crippen molar-refractivity contribution in [3.05, 3.63) is 0 Å². The third-order valence-corrected chi connectivity index (χ3v) is 4.25. The van der Waals surface area contributed by atoms with E-state index >= 15 is 0 Å². The van der Waals surface area contributed by atoms with Crippen molar-refractivity contribution < 1.29 is 9.90 Å². The van der Waals surface area contributed by atoms with Gasteiger partial charge in [0.15, 0.2) is 0 Å². The van der Waals surface area contributed by atoms with Gasteiger partial charge in [0.1, 0.15) is 0 Å². The second-order valence-electron chi connectivity index (χ2n) is 5.86. The van der Waals surface area contributed by atoms with Gasteiger partial charge in [-0.05, 0) is 18.3 Å². The average molecular weight is 241 g/mol. The monoisotopic (exact) mass is 241 g/mol. The van der Waals surface area contributed by atoms with E-state index in [1.54, 1.807) is 6.92 Å². The van der Waals surface area contributed by atoms with Crippen molar-refractivity contribution in [3.8, 4) is 0 Å². The lowest BCUT2D eigenvalue weighted by Crippen LogP contribution is -2.35. The number of carboxylic acids is 1. The Hall–Kier alpha value is -0.570. The first kappa shape index (κ1) is 14.5. The van der Waals surface area contributed by atoms with Crippen LogP contribution in [-0.4, -0.2) is 17.1 Å². The van der Waals surface area contributed by atoms with Crippen molar-refractivity contribution in [2.24, 2.45) is 23.5 Å². The molecule has 0 radical (unpaired) electrons. The van der Waals surface area contributed by atoms with Crippen LogP contribution in [0.4, 0.5) is 0 Å². The van der Waals surface area contributed by atoms with Crippen LogP contribution < -0.4 is 5.73 Å². The van der Waals surface area contributed by atoms with Gasteiger partial charge in [0, 0.05) is 6.04 Å². The molecule has 0 bridgehead atoms. The largest absolute Gasteiger partial charge is 0.481 e. The van der Waals surface area contributed by atoms with Gasteiger partial charge in [0.25, 0.3) is 0 Å². The minimum atomic E-state index is -0.777. The van der Waals surface area contributed by atoms with Crippen LogP contribution >= 0.6 is 0 Å². The summed E-state index contributed by atoms with van der Waals surface area (Å²) in [6, 6.07) is -0.203. The van der Waals surface area contributed by atoms with E-state index in [4.69, 9.17) is 10.8 Å². The van der Waals surface area contributed by atoms with Gasteiger partial charge in [-0.1, -0.05) is 52.4 Å². The molecule has 2 unspecified atom stereocenters. The molecule has 0 heterocycles. The first-order chi connectivity index (χ1) is 8.00. The van der Waals surface area contributed by atoms with Crippen LogP contribution in [0, 0.1) is 17.8 Å². The summed E-state index contributed by atoms with van der Waals surface area (Å²) in [4.78, 5) is 10.8. The molecule has 3 nitrogen and oxygen atoms in total. The average Bonchev–Trinajstić information content (AvgIpc) is 2.77. The van der Waals surface area contributed by atoms with Gasteiger partial charge in [-0.15, -0.1) is 0 Å². The quantitative estimate of drug-likeness (QED) is 0.720. The van der Waals surface area contributed by atoms with Crippen LogP contribution in [0.3, 0.4) is 0 Å². The van der Waals surface area contributed by atoms with Crippen LogP contribution in [0.5, 0.6) is 0 Å². The molecule has 0 aliphatic heterocycles. The number of hydrogen-bond donors (Lipinski definition) is 2. The maximum atomic E-state index is 10.8. The van der Waals surface area contributed by atoms with E-state index in [9.17, 15) is 4.79 Å². The molecule has 3 atom stereocenters. The molecule has 100 valence electrons. The summed E-state index contributed by atoms with van der Waals surface area (Å²) in [6.07, 6.45) is 8.91. The smallest absolute Gasteiger partial charge is 0.307 e. The van der Waals surface area contributed by atoms with Crippen LogP contribution in [0.15, 0.2) is 0 Å². The van der Waals surface area contributed by atoms with Crippen LogP contribution in [-0.2, 0) is 4.79 Å². The number of hydrogen-bond acceptors (Lipinski definition) is 2. The molecule has 0 saturated heterocycles. The molecule has 17 heavy (non-hydrogen) atoms. The predicted molar refractivity (Wildman–Crippen MR) is 69.7 cm³/mol. The topological polar surface area (TPSA) is 63.3 Å². The third-order valence-electron chi connectivity index (χ3n) is 4.25. The Morgan fingerprint density at radius 3 is 2.47 bits per heavy atom. The fraction of sp³-hybridized carbons (Fsp3) is 0.929. The molecule has 0 aromatic heterocycles. The van der Waals surface area contributed by atoms with E-state index in [0.717, 1.165) is 12.3 Å². The Balaban J connectivity index is 2.19. The Bertz CT molecular complexity index is 236. The first-order valence-electron chi connectivity index (χ1n) is 6.99. The molecule has 0 aromatic carbocycles. The fourth-order valence-corrected chi connectivity index (χ4v) is 2.79. The Kier molecular flexibility index (Phi) is 5.96. The van der Waals surface area contributed by atoms with Crippen LogP contribution in [0.1, 0.15) is 58.8 Å². The molecule has 3 heteroatoms. The van der Waals surface area contributed by atoms with E-state index in [-0.39, 0.29) is 6.04 Å². The van der Waals surface area contributed by atoms with Crippen LogP contribution in [0.25, 0.3) is 0 Å². The molecule has 1 saturated carbocycles. The molecule has 1 aliphatic carbocycles. The molecule has 1 fully saturated rings. The Labute approximate surface area is 105 Å². The number of carbonyl (C=O) groups is 1. The summed E-state index contributed by atoms with van der Waals surface area (Å²) in [7, 11) is 0. The zero-order valence-corrected chi connectivity index (χ0v) is 11.2. The molecule has 0 amide bonds. The van der Waals surface area contributed by atoms with Crippen LogP contribution in [0.2, 0.25) is 0 Å². The van der Waals surface area contributed by atoms with E-state index < -0.39 is 11.9 Å². The van der Waals surface area contributed by atoms with Gasteiger partial charge in [-0.2, -0.15) is 0 Å². The standard InChI is InChI=1S/C14H27NO2/c1-10(7-8-12-5-3-4-6-12)9-13(15)11(2)14(16)17/h10-13H,3-9,15H2,1-2H3,(H,16,17)/t10?,11?,13-/m0/s1. The summed E-state index contributed by atoms with van der Waals surface area (Å²) in [5.74, 6) is 0.266. The third kappa shape index (κ3) is 5.07. The Morgan fingerprint density at radius 2 is 1.94 bits per heavy atom. The van der Waals surface area contributed by atoms with Gasteiger partial charge < -0.3 is 10.8 Å². The normalized spacial score (nSPS) is 22.3. The van der Waals surface area contributed by atoms with Gasteiger partial charge in [-0.3, -0.25) is 4.79 Å². The van der Waals surface area contributed by atoms with Gasteiger partial charge >= 0.3 is 5.97 Å². The minimum Gasteiger partial charge on any atom is -0.481 e. The van der Waals surface area contributed by atoms with E-state index in [1.165, 1.54) is 38.5 Å². The number of aliphatic carboxylic acids is 1. The molecule has 1 rings (SSSR count). The van der Waals surface area contributed by atoms with Gasteiger partial charge in [0.2, 0.25) is 0 Å². The maximum absolute atomic E-state index is 10.8. The lowest BCUT2D eigenvalue weighted by atomic mass is 9.88. The first-order valence-corrected chi connectivity index (χ1v) is 6.99. The fourth-order valence-electron chi connectivity index (χ4n) is 2.79. The highest BCUT2D eigenvalue weighted by molar-refractivity contribution is 5.70. The number of rotatable bonds is 7. The maximum Gasteiger partial charge on any atom is 0.307 e. The minimum absolute atomic E-state index is 0.203. The molecule has 1 aliphatic rings. The van der Waals surface area contributed by atoms with Gasteiger partial charge in [-0.25, -0.2) is 0 Å². The lowest BCUT2D eigenvalue weighted by Gasteiger charge is -2.21. The highest BCUT2D eigenvalue weighted by Crippen LogP contribution is 2.30. The molecule has 3 N–H and O–H groups in total. The highest BCUT2D eigenvalue weighted by atomic mass is 16.4. The van der Waals surface area contributed by atoms with Crippen molar-refractivity contribution >= 4 is 5.97 Å². The Morgan fingerprint density at radius 1 is 1.35 bits per heavy atom. The number of carboxylic acid groups (broad SMARTS) is 1. The SMILES string of the molecule is CC(CCC1CCCC1)C[C@H](N)C(C)C(=O)O. The number of nitrogens with two attached hydrogens (primary N) is 1. The summed E-state index contributed by atoms with van der Waals surface area (Å²) < 4.78 is 0. The van der Waals surface area contributed by atoms with Crippen molar-refractivity contribution in [3.63, 3.8) is 0 Å². The van der Waals surface area contributed by atoms with E-state index in [0.29, 0.717) is 5.92 Å². The summed E-state index contributed by atoms with van der Waals surface area (Å²) in [5, 5.41) is 8.89. The zero-order valence-electron chi connectivity index (χ0n) is 11.2. The molecular weight excluding hydrogens is 214 g/mol. The molecular formula is C14H27NO2. The second-order valence-corrected chi connectivity index (χ2v) is 5.86. The summed E-state index contributed by atoms with van der Waals surface area (Å²) >= 11 is 0. The van der Waals surface area contributed by atoms with Crippen molar-refractivity contribution in [2.75, 3.05) is 0 Å². The van der Waals surface area contributed by atoms with Crippen molar-refractivity contribution in [2.45, 2.75) is 64.8 Å². The lowest BCUT2D eigenvalue weighted by molar-refractivity contribution is -0.141. The van der Waals surface area contributed by atoms with Crippen molar-refractivity contribution in [1.82, 2.24) is 0 Å². The second kappa shape index (κ2) is 7.00. The van der Waals surface area contributed by atoms with Crippen molar-refractivity contribution in [1.29, 1.82) is 0 Å².